The smallest absolute Gasteiger partial charge is 0.222 e. The second kappa shape index (κ2) is 5.17. The van der Waals surface area contributed by atoms with Crippen LogP contribution in [0.1, 0.15) is 46.0 Å². The standard InChI is InChI=1S/C14H27N3O/c1-14(2,15)8-6-13(18)17-9-7-11-4-5-12(10-17)16(11)3/h11-12H,4-10,15H2,1-3H3. The van der Waals surface area contributed by atoms with E-state index < -0.39 is 0 Å². The van der Waals surface area contributed by atoms with Crippen molar-refractivity contribution in [2.24, 2.45) is 5.73 Å². The van der Waals surface area contributed by atoms with E-state index in [1.54, 1.807) is 0 Å². The molecule has 1 amide bonds. The van der Waals surface area contributed by atoms with E-state index in [0.29, 0.717) is 18.5 Å². The molecule has 2 unspecified atom stereocenters. The SMILES string of the molecule is CN1C2CCC1CN(C(=O)CCC(C)(C)N)CC2. The van der Waals surface area contributed by atoms with Crippen LogP contribution in [0.15, 0.2) is 0 Å². The van der Waals surface area contributed by atoms with E-state index in [-0.39, 0.29) is 11.4 Å². The number of likely N-dealkylation sites (tertiary alicyclic amines) is 1. The zero-order valence-corrected chi connectivity index (χ0v) is 12.0. The van der Waals surface area contributed by atoms with Crippen LogP contribution in [0.25, 0.3) is 0 Å². The molecule has 0 aromatic heterocycles. The van der Waals surface area contributed by atoms with E-state index in [0.717, 1.165) is 25.9 Å². The van der Waals surface area contributed by atoms with Crippen molar-refractivity contribution in [3.8, 4) is 0 Å². The van der Waals surface area contributed by atoms with Crippen LogP contribution in [0, 0.1) is 0 Å². The van der Waals surface area contributed by atoms with E-state index in [1.165, 1.54) is 12.8 Å². The summed E-state index contributed by atoms with van der Waals surface area (Å²) in [6, 6.07) is 1.27. The molecular formula is C14H27N3O. The topological polar surface area (TPSA) is 49.6 Å². The molecule has 0 aliphatic carbocycles. The second-order valence-electron chi connectivity index (χ2n) is 6.67. The average Bonchev–Trinajstić information content (AvgIpc) is 2.49. The molecule has 18 heavy (non-hydrogen) atoms. The Morgan fingerprint density at radius 2 is 1.94 bits per heavy atom. The highest BCUT2D eigenvalue weighted by atomic mass is 16.2. The van der Waals surface area contributed by atoms with Gasteiger partial charge in [-0.1, -0.05) is 0 Å². The maximum absolute atomic E-state index is 12.2. The highest BCUT2D eigenvalue weighted by Crippen LogP contribution is 2.28. The van der Waals surface area contributed by atoms with Crippen LogP contribution in [0.2, 0.25) is 0 Å². The summed E-state index contributed by atoms with van der Waals surface area (Å²) in [5, 5.41) is 0. The molecule has 2 aliphatic rings. The lowest BCUT2D eigenvalue weighted by Gasteiger charge is -2.27. The Balaban J connectivity index is 1.88. The van der Waals surface area contributed by atoms with E-state index in [1.807, 2.05) is 13.8 Å². The summed E-state index contributed by atoms with van der Waals surface area (Å²) in [5.41, 5.74) is 5.71. The first-order valence-electron chi connectivity index (χ1n) is 7.15. The Kier molecular flexibility index (Phi) is 3.97. The molecule has 2 bridgehead atoms. The zero-order valence-electron chi connectivity index (χ0n) is 12.0. The van der Waals surface area contributed by atoms with E-state index in [9.17, 15) is 4.79 Å². The largest absolute Gasteiger partial charge is 0.341 e. The van der Waals surface area contributed by atoms with Gasteiger partial charge in [-0.15, -0.1) is 0 Å². The number of hydrogen-bond acceptors (Lipinski definition) is 3. The number of fused-ring (bicyclic) bond motifs is 2. The van der Waals surface area contributed by atoms with Crippen molar-refractivity contribution in [1.82, 2.24) is 9.80 Å². The molecule has 4 heteroatoms. The minimum absolute atomic E-state index is 0.239. The second-order valence-corrected chi connectivity index (χ2v) is 6.67. The molecule has 0 spiro atoms. The lowest BCUT2D eigenvalue weighted by atomic mass is 9.99. The lowest BCUT2D eigenvalue weighted by molar-refractivity contribution is -0.131. The Hall–Kier alpha value is -0.610. The van der Waals surface area contributed by atoms with Crippen LogP contribution in [-0.4, -0.2) is 53.5 Å². The molecule has 2 N–H and O–H groups in total. The Morgan fingerprint density at radius 3 is 2.61 bits per heavy atom. The maximum atomic E-state index is 12.2. The minimum Gasteiger partial charge on any atom is -0.341 e. The molecule has 104 valence electrons. The first-order valence-corrected chi connectivity index (χ1v) is 7.15. The monoisotopic (exact) mass is 253 g/mol. The van der Waals surface area contributed by atoms with Crippen LogP contribution >= 0.6 is 0 Å². The molecule has 2 fully saturated rings. The van der Waals surface area contributed by atoms with Gasteiger partial charge in [0, 0.05) is 37.1 Å². The number of carbonyl (C=O) groups is 1. The van der Waals surface area contributed by atoms with Crippen LogP contribution in [0.5, 0.6) is 0 Å². The predicted octanol–water partition coefficient (Wildman–Crippen LogP) is 1.20. The van der Waals surface area contributed by atoms with Crippen LogP contribution in [0.3, 0.4) is 0 Å². The van der Waals surface area contributed by atoms with Gasteiger partial charge in [0.15, 0.2) is 0 Å². The third-order valence-corrected chi connectivity index (χ3v) is 4.48. The third-order valence-electron chi connectivity index (χ3n) is 4.48. The van der Waals surface area contributed by atoms with Crippen molar-refractivity contribution in [3.63, 3.8) is 0 Å². The van der Waals surface area contributed by atoms with Crippen molar-refractivity contribution in [1.29, 1.82) is 0 Å². The minimum atomic E-state index is -0.239. The molecule has 0 aromatic carbocycles. The van der Waals surface area contributed by atoms with Crippen LogP contribution < -0.4 is 5.73 Å². The van der Waals surface area contributed by atoms with Crippen molar-refractivity contribution >= 4 is 5.91 Å². The number of carbonyl (C=O) groups excluding carboxylic acids is 1. The van der Waals surface area contributed by atoms with Crippen molar-refractivity contribution in [2.75, 3.05) is 20.1 Å². The van der Waals surface area contributed by atoms with Gasteiger partial charge < -0.3 is 10.6 Å². The summed E-state index contributed by atoms with van der Waals surface area (Å²) in [6.07, 6.45) is 5.04. The maximum Gasteiger partial charge on any atom is 0.222 e. The zero-order chi connectivity index (χ0) is 13.3. The van der Waals surface area contributed by atoms with Gasteiger partial charge in [0.05, 0.1) is 0 Å². The Labute approximate surface area is 110 Å². The fraction of sp³-hybridized carbons (Fsp3) is 0.929. The Bertz CT molecular complexity index is 311. The van der Waals surface area contributed by atoms with Crippen molar-refractivity contribution in [3.05, 3.63) is 0 Å². The predicted molar refractivity (Wildman–Crippen MR) is 73.3 cm³/mol. The van der Waals surface area contributed by atoms with Gasteiger partial charge in [-0.05, 0) is 46.6 Å². The molecular weight excluding hydrogens is 226 g/mol. The molecule has 2 aliphatic heterocycles. The number of hydrogen-bond donors (Lipinski definition) is 1. The van der Waals surface area contributed by atoms with Gasteiger partial charge in [-0.25, -0.2) is 0 Å². The quantitative estimate of drug-likeness (QED) is 0.822. The van der Waals surface area contributed by atoms with Gasteiger partial charge >= 0.3 is 0 Å². The van der Waals surface area contributed by atoms with Gasteiger partial charge in [0.1, 0.15) is 0 Å². The number of rotatable bonds is 3. The molecule has 0 radical (unpaired) electrons. The Morgan fingerprint density at radius 1 is 1.28 bits per heavy atom. The van der Waals surface area contributed by atoms with Gasteiger partial charge in [0.2, 0.25) is 5.91 Å². The number of nitrogens with two attached hydrogens (primary N) is 1. The molecule has 2 rings (SSSR count). The van der Waals surface area contributed by atoms with Gasteiger partial charge in [0.25, 0.3) is 0 Å². The first-order chi connectivity index (χ1) is 8.37. The van der Waals surface area contributed by atoms with Gasteiger partial charge in [-0.2, -0.15) is 0 Å². The van der Waals surface area contributed by atoms with Crippen LogP contribution in [-0.2, 0) is 4.79 Å². The normalized spacial score (nSPS) is 29.4. The molecule has 2 atom stereocenters. The summed E-state index contributed by atoms with van der Waals surface area (Å²) in [5.74, 6) is 0.287. The number of amides is 1. The fourth-order valence-electron chi connectivity index (χ4n) is 3.12. The fourth-order valence-corrected chi connectivity index (χ4v) is 3.12. The summed E-state index contributed by atoms with van der Waals surface area (Å²) in [4.78, 5) is 16.8. The van der Waals surface area contributed by atoms with Gasteiger partial charge in [-0.3, -0.25) is 9.69 Å². The van der Waals surface area contributed by atoms with E-state index in [4.69, 9.17) is 5.73 Å². The molecule has 0 aromatic rings. The van der Waals surface area contributed by atoms with Crippen molar-refractivity contribution < 1.29 is 4.79 Å². The highest BCUT2D eigenvalue weighted by molar-refractivity contribution is 5.76. The lowest BCUT2D eigenvalue weighted by Crippen LogP contribution is -2.41. The summed E-state index contributed by atoms with van der Waals surface area (Å²) in [6.45, 7) is 5.81. The summed E-state index contributed by atoms with van der Waals surface area (Å²) in [7, 11) is 2.21. The molecule has 0 saturated carbocycles. The summed E-state index contributed by atoms with van der Waals surface area (Å²) < 4.78 is 0. The average molecular weight is 253 g/mol. The molecule has 2 saturated heterocycles. The third kappa shape index (κ3) is 3.23. The highest BCUT2D eigenvalue weighted by Gasteiger charge is 2.35. The number of likely N-dealkylation sites (N-methyl/N-ethyl adjacent to an activating group) is 1. The molecule has 4 nitrogen and oxygen atoms in total. The van der Waals surface area contributed by atoms with Crippen LogP contribution in [0.4, 0.5) is 0 Å². The van der Waals surface area contributed by atoms with E-state index >= 15 is 0 Å². The number of nitrogens with zero attached hydrogens (tertiary/aromatic N) is 2. The molecule has 2 heterocycles. The van der Waals surface area contributed by atoms with E-state index in [2.05, 4.69) is 16.8 Å². The first kappa shape index (κ1) is 13.8. The van der Waals surface area contributed by atoms with Crippen molar-refractivity contribution in [2.45, 2.75) is 63.6 Å². The summed E-state index contributed by atoms with van der Waals surface area (Å²) >= 11 is 0.